The minimum atomic E-state index is -0.338. The van der Waals surface area contributed by atoms with Gasteiger partial charge in [-0.15, -0.1) is 0 Å². The number of nitrogens with zero attached hydrogens (tertiary/aromatic N) is 3. The number of nitro benzene ring substituents is 1. The molecule has 132 valence electrons. The first kappa shape index (κ1) is 16.3. The van der Waals surface area contributed by atoms with Gasteiger partial charge < -0.3 is 9.64 Å². The van der Waals surface area contributed by atoms with Crippen LogP contribution in [-0.4, -0.2) is 34.2 Å². The number of rotatable bonds is 2. The summed E-state index contributed by atoms with van der Waals surface area (Å²) in [5.41, 5.74) is 0.799. The van der Waals surface area contributed by atoms with Gasteiger partial charge >= 0.3 is 0 Å². The van der Waals surface area contributed by atoms with Crippen molar-refractivity contribution in [3.63, 3.8) is 0 Å². The highest BCUT2D eigenvalue weighted by molar-refractivity contribution is 5.99. The van der Waals surface area contributed by atoms with E-state index in [2.05, 4.69) is 23.7 Å². The lowest BCUT2D eigenvalue weighted by atomic mass is 9.93. The molecule has 0 bridgehead atoms. The Morgan fingerprint density at radius 1 is 1.16 bits per heavy atom. The van der Waals surface area contributed by atoms with E-state index < -0.39 is 0 Å². The highest BCUT2D eigenvalue weighted by atomic mass is 16.6. The van der Waals surface area contributed by atoms with Gasteiger partial charge in [-0.1, -0.05) is 12.8 Å². The highest BCUT2D eigenvalue weighted by Crippen LogP contribution is 2.43. The average molecular weight is 341 g/mol. The van der Waals surface area contributed by atoms with Gasteiger partial charge in [-0.3, -0.25) is 15.1 Å². The lowest BCUT2D eigenvalue weighted by molar-refractivity contribution is -0.383. The molecule has 2 heterocycles. The predicted octanol–water partition coefficient (Wildman–Crippen LogP) is 4.07. The normalized spacial score (nSPS) is 21.8. The van der Waals surface area contributed by atoms with Crippen LogP contribution in [0.1, 0.15) is 39.5 Å². The SMILES string of the molecule is CC1(C)CN(c2ccc([N+](=O)[O-])c3cnccc23)CC2(CCCC2)O1. The Hall–Kier alpha value is -2.21. The molecular formula is C19H23N3O3. The number of ether oxygens (including phenoxy) is 1. The number of nitro groups is 1. The van der Waals surface area contributed by atoms with E-state index in [1.54, 1.807) is 18.5 Å². The van der Waals surface area contributed by atoms with Gasteiger partial charge in [0.25, 0.3) is 5.69 Å². The van der Waals surface area contributed by atoms with Crippen molar-refractivity contribution in [2.45, 2.75) is 50.7 Å². The summed E-state index contributed by atoms with van der Waals surface area (Å²) in [6.45, 7) is 5.87. The van der Waals surface area contributed by atoms with E-state index in [1.165, 1.54) is 12.8 Å². The number of hydrogen-bond acceptors (Lipinski definition) is 5. The van der Waals surface area contributed by atoms with Crippen molar-refractivity contribution in [3.8, 4) is 0 Å². The zero-order valence-corrected chi connectivity index (χ0v) is 14.7. The van der Waals surface area contributed by atoms with E-state index in [9.17, 15) is 10.1 Å². The van der Waals surface area contributed by atoms with E-state index >= 15 is 0 Å². The minimum Gasteiger partial charge on any atom is -0.365 e. The Balaban J connectivity index is 1.81. The van der Waals surface area contributed by atoms with E-state index in [1.807, 2.05) is 12.1 Å². The topological polar surface area (TPSA) is 68.5 Å². The predicted molar refractivity (Wildman–Crippen MR) is 97.0 cm³/mol. The van der Waals surface area contributed by atoms with Crippen LogP contribution in [0.4, 0.5) is 11.4 Å². The van der Waals surface area contributed by atoms with Crippen LogP contribution in [0.15, 0.2) is 30.6 Å². The number of pyridine rings is 1. The van der Waals surface area contributed by atoms with Gasteiger partial charge in [-0.2, -0.15) is 0 Å². The molecule has 1 spiro atoms. The zero-order valence-electron chi connectivity index (χ0n) is 14.7. The lowest BCUT2D eigenvalue weighted by Gasteiger charge is -2.50. The maximum absolute atomic E-state index is 11.4. The molecule has 1 aromatic carbocycles. The van der Waals surface area contributed by atoms with Crippen LogP contribution in [0.3, 0.4) is 0 Å². The Labute approximate surface area is 146 Å². The first-order valence-corrected chi connectivity index (χ1v) is 8.86. The first-order chi connectivity index (χ1) is 11.9. The number of aromatic nitrogens is 1. The van der Waals surface area contributed by atoms with Crippen molar-refractivity contribution < 1.29 is 9.66 Å². The third-order valence-corrected chi connectivity index (χ3v) is 5.37. The van der Waals surface area contributed by atoms with Gasteiger partial charge in [0.15, 0.2) is 0 Å². The second-order valence-electron chi connectivity index (χ2n) is 7.89. The van der Waals surface area contributed by atoms with Gasteiger partial charge in [0.2, 0.25) is 0 Å². The molecule has 1 aromatic heterocycles. The monoisotopic (exact) mass is 341 g/mol. The molecule has 6 heteroatoms. The van der Waals surface area contributed by atoms with E-state index in [0.29, 0.717) is 5.39 Å². The molecule has 2 aliphatic rings. The van der Waals surface area contributed by atoms with Crippen LogP contribution in [0.25, 0.3) is 10.8 Å². The number of anilines is 1. The Morgan fingerprint density at radius 2 is 1.92 bits per heavy atom. The van der Waals surface area contributed by atoms with Crippen LogP contribution in [0.2, 0.25) is 0 Å². The minimum absolute atomic E-state index is 0.0944. The first-order valence-electron chi connectivity index (χ1n) is 8.86. The molecule has 0 amide bonds. The van der Waals surface area contributed by atoms with Gasteiger partial charge in [0.1, 0.15) is 0 Å². The summed E-state index contributed by atoms with van der Waals surface area (Å²) in [6.07, 6.45) is 7.86. The van der Waals surface area contributed by atoms with Crippen LogP contribution < -0.4 is 4.90 Å². The van der Waals surface area contributed by atoms with E-state index in [-0.39, 0.29) is 21.8 Å². The summed E-state index contributed by atoms with van der Waals surface area (Å²) in [5, 5.41) is 12.8. The fraction of sp³-hybridized carbons (Fsp3) is 0.526. The molecule has 2 aromatic rings. The molecule has 0 N–H and O–H groups in total. The van der Waals surface area contributed by atoms with Crippen molar-refractivity contribution in [2.24, 2.45) is 0 Å². The highest BCUT2D eigenvalue weighted by Gasteiger charge is 2.46. The molecule has 1 aliphatic heterocycles. The molecule has 25 heavy (non-hydrogen) atoms. The lowest BCUT2D eigenvalue weighted by Crippen LogP contribution is -2.58. The van der Waals surface area contributed by atoms with Gasteiger partial charge in [0, 0.05) is 42.6 Å². The largest absolute Gasteiger partial charge is 0.365 e. The average Bonchev–Trinajstić information content (AvgIpc) is 2.99. The third-order valence-electron chi connectivity index (χ3n) is 5.37. The molecule has 4 rings (SSSR count). The van der Waals surface area contributed by atoms with Crippen molar-refractivity contribution in [1.82, 2.24) is 4.98 Å². The van der Waals surface area contributed by atoms with Crippen LogP contribution >= 0.6 is 0 Å². The number of hydrogen-bond donors (Lipinski definition) is 0. The number of benzene rings is 1. The van der Waals surface area contributed by atoms with Crippen molar-refractivity contribution >= 4 is 22.1 Å². The summed E-state index contributed by atoms with van der Waals surface area (Å²) in [7, 11) is 0. The number of fused-ring (bicyclic) bond motifs is 1. The summed E-state index contributed by atoms with van der Waals surface area (Å²) in [5.74, 6) is 0. The molecule has 1 saturated heterocycles. The van der Waals surface area contributed by atoms with Crippen molar-refractivity contribution in [3.05, 3.63) is 40.7 Å². The molecule has 1 aliphatic carbocycles. The molecule has 0 atom stereocenters. The van der Waals surface area contributed by atoms with Crippen LogP contribution in [-0.2, 0) is 4.74 Å². The molecule has 1 saturated carbocycles. The smallest absolute Gasteiger partial charge is 0.278 e. The van der Waals surface area contributed by atoms with Gasteiger partial charge in [-0.25, -0.2) is 0 Å². The van der Waals surface area contributed by atoms with E-state index in [4.69, 9.17) is 4.74 Å². The van der Waals surface area contributed by atoms with Crippen LogP contribution in [0.5, 0.6) is 0 Å². The van der Waals surface area contributed by atoms with Gasteiger partial charge in [0.05, 0.1) is 21.5 Å². The summed E-state index contributed by atoms with van der Waals surface area (Å²) in [6, 6.07) is 5.36. The second kappa shape index (κ2) is 5.66. The second-order valence-corrected chi connectivity index (χ2v) is 7.89. The fourth-order valence-corrected chi connectivity index (χ4v) is 4.56. The summed E-state index contributed by atoms with van der Waals surface area (Å²) in [4.78, 5) is 17.5. The number of non-ortho nitro benzene ring substituents is 1. The molecule has 0 radical (unpaired) electrons. The number of morpholine rings is 1. The third kappa shape index (κ3) is 2.84. The van der Waals surface area contributed by atoms with Crippen LogP contribution in [0, 0.1) is 10.1 Å². The van der Waals surface area contributed by atoms with Gasteiger partial charge in [-0.05, 0) is 38.8 Å². The Kier molecular flexibility index (Phi) is 3.68. The fourth-order valence-electron chi connectivity index (χ4n) is 4.56. The van der Waals surface area contributed by atoms with Crippen molar-refractivity contribution in [2.75, 3.05) is 18.0 Å². The molecule has 6 nitrogen and oxygen atoms in total. The standard InChI is InChI=1S/C19H23N3O3/c1-18(2)12-21(13-19(25-18)8-3-4-9-19)16-5-6-17(22(23)24)15-11-20-10-7-14(15)16/h5-7,10-11H,3-4,8-9,12-13H2,1-2H3. The maximum Gasteiger partial charge on any atom is 0.278 e. The molecule has 0 unspecified atom stereocenters. The summed E-state index contributed by atoms with van der Waals surface area (Å²) >= 11 is 0. The maximum atomic E-state index is 11.4. The van der Waals surface area contributed by atoms with Crippen molar-refractivity contribution in [1.29, 1.82) is 0 Å². The Bertz CT molecular complexity index is 828. The quantitative estimate of drug-likeness (QED) is 0.608. The molecule has 2 fully saturated rings. The van der Waals surface area contributed by atoms with E-state index in [0.717, 1.165) is 37.0 Å². The Morgan fingerprint density at radius 3 is 2.64 bits per heavy atom. The molecular weight excluding hydrogens is 318 g/mol. The summed E-state index contributed by atoms with van der Waals surface area (Å²) < 4.78 is 6.49. The zero-order chi connectivity index (χ0) is 17.7.